The van der Waals surface area contributed by atoms with Crippen molar-refractivity contribution in [2.24, 2.45) is 11.5 Å². The van der Waals surface area contributed by atoms with Gasteiger partial charge in [0.2, 0.25) is 0 Å². The molecule has 0 aromatic heterocycles. The first-order valence-electron chi connectivity index (χ1n) is 4.02. The van der Waals surface area contributed by atoms with Crippen molar-refractivity contribution in [3.05, 3.63) is 41.2 Å². The number of benzene rings is 1. The second-order valence-corrected chi connectivity index (χ2v) is 3.21. The van der Waals surface area contributed by atoms with Crippen molar-refractivity contribution in [3.63, 3.8) is 0 Å². The van der Waals surface area contributed by atoms with Crippen molar-refractivity contribution in [1.29, 1.82) is 5.26 Å². The highest BCUT2D eigenvalue weighted by Gasteiger charge is 2.07. The first kappa shape index (κ1) is 11.1. The molecular weight excluding hydrogens is 213 g/mol. The highest BCUT2D eigenvalue weighted by Crippen LogP contribution is 2.14. The van der Waals surface area contributed by atoms with Gasteiger partial charge in [-0.1, -0.05) is 12.2 Å². The molecule has 0 fully saturated rings. The molecule has 4 N–H and O–H groups in total. The molecule has 0 saturated heterocycles. The van der Waals surface area contributed by atoms with Crippen molar-refractivity contribution in [2.45, 2.75) is 0 Å². The normalized spacial score (nSPS) is 11.5. The fourth-order valence-electron chi connectivity index (χ4n) is 1.02. The molecule has 0 radical (unpaired) electrons. The summed E-state index contributed by atoms with van der Waals surface area (Å²) in [5.74, 6) is -0.375. The Morgan fingerprint density at radius 2 is 1.80 bits per heavy atom. The molecule has 1 rings (SSSR count). The second kappa shape index (κ2) is 4.53. The van der Waals surface area contributed by atoms with Gasteiger partial charge < -0.3 is 11.5 Å². The molecule has 0 saturated carbocycles. The lowest BCUT2D eigenvalue weighted by Gasteiger charge is -2.04. The quantitative estimate of drug-likeness (QED) is 0.448. The minimum atomic E-state index is -0.375. The van der Waals surface area contributed by atoms with Gasteiger partial charge in [-0.3, -0.25) is 0 Å². The fraction of sp³-hybridized carbons (Fsp3) is 0. The topological polar surface area (TPSA) is 75.8 Å². The Kier molecular flexibility index (Phi) is 3.37. The maximum atomic E-state index is 12.6. The van der Waals surface area contributed by atoms with Crippen LogP contribution in [-0.2, 0) is 0 Å². The van der Waals surface area contributed by atoms with Crippen LogP contribution in [0.2, 0.25) is 0 Å². The first-order chi connectivity index (χ1) is 7.06. The van der Waals surface area contributed by atoms with Gasteiger partial charge in [-0.15, -0.1) is 0 Å². The van der Waals surface area contributed by atoms with Crippen LogP contribution in [0.4, 0.5) is 4.39 Å². The minimum Gasteiger partial charge on any atom is -0.397 e. The lowest BCUT2D eigenvalue weighted by molar-refractivity contribution is 0.627. The summed E-state index contributed by atoms with van der Waals surface area (Å²) in [6.07, 6.45) is 0. The highest BCUT2D eigenvalue weighted by atomic mass is 32.1. The molecule has 0 amide bonds. The summed E-state index contributed by atoms with van der Waals surface area (Å²) in [5.41, 5.74) is 11.7. The lowest BCUT2D eigenvalue weighted by Crippen LogP contribution is -2.15. The Morgan fingerprint density at radius 1 is 1.27 bits per heavy atom. The molecule has 0 bridgehead atoms. The zero-order valence-corrected chi connectivity index (χ0v) is 8.51. The number of halogens is 1. The van der Waals surface area contributed by atoms with Crippen molar-refractivity contribution >= 4 is 22.9 Å². The van der Waals surface area contributed by atoms with Crippen LogP contribution in [0.3, 0.4) is 0 Å². The van der Waals surface area contributed by atoms with Crippen LogP contribution in [0.5, 0.6) is 0 Å². The van der Waals surface area contributed by atoms with E-state index in [0.717, 1.165) is 0 Å². The molecular formula is C10H8FN3S. The van der Waals surface area contributed by atoms with E-state index in [0.29, 0.717) is 5.56 Å². The van der Waals surface area contributed by atoms with E-state index in [1.165, 1.54) is 24.3 Å². The third-order valence-electron chi connectivity index (χ3n) is 1.78. The van der Waals surface area contributed by atoms with Crippen molar-refractivity contribution < 1.29 is 4.39 Å². The highest BCUT2D eigenvalue weighted by molar-refractivity contribution is 7.80. The van der Waals surface area contributed by atoms with Gasteiger partial charge in [0.15, 0.2) is 0 Å². The van der Waals surface area contributed by atoms with Crippen molar-refractivity contribution in [1.82, 2.24) is 0 Å². The predicted octanol–water partition coefficient (Wildman–Crippen LogP) is 1.31. The molecule has 3 nitrogen and oxygen atoms in total. The van der Waals surface area contributed by atoms with Crippen LogP contribution in [0, 0.1) is 17.1 Å². The summed E-state index contributed by atoms with van der Waals surface area (Å²) in [7, 11) is 0. The smallest absolute Gasteiger partial charge is 0.123 e. The van der Waals surface area contributed by atoms with Crippen LogP contribution in [0.1, 0.15) is 5.56 Å². The van der Waals surface area contributed by atoms with Gasteiger partial charge in [0.25, 0.3) is 0 Å². The van der Waals surface area contributed by atoms with E-state index in [1.807, 2.05) is 6.07 Å². The van der Waals surface area contributed by atoms with Gasteiger partial charge in [0, 0.05) is 0 Å². The van der Waals surface area contributed by atoms with E-state index in [2.05, 4.69) is 12.2 Å². The van der Waals surface area contributed by atoms with Crippen LogP contribution >= 0.6 is 12.2 Å². The van der Waals surface area contributed by atoms with E-state index < -0.39 is 0 Å². The van der Waals surface area contributed by atoms with Gasteiger partial charge in [-0.25, -0.2) is 4.39 Å². The van der Waals surface area contributed by atoms with Crippen LogP contribution in [0.25, 0.3) is 5.70 Å². The number of nitriles is 1. The SMILES string of the molecule is N#CC(C(N)=S)=C(N)c1ccc(F)cc1. The summed E-state index contributed by atoms with van der Waals surface area (Å²) in [6, 6.07) is 7.22. The van der Waals surface area contributed by atoms with Crippen LogP contribution < -0.4 is 11.5 Å². The molecule has 15 heavy (non-hydrogen) atoms. The van der Waals surface area contributed by atoms with Gasteiger partial charge in [0.1, 0.15) is 22.4 Å². The zero-order chi connectivity index (χ0) is 11.4. The Balaban J connectivity index is 3.24. The fourth-order valence-corrected chi connectivity index (χ4v) is 1.18. The molecule has 1 aromatic rings. The van der Waals surface area contributed by atoms with Crippen molar-refractivity contribution in [2.75, 3.05) is 0 Å². The number of nitrogens with zero attached hydrogens (tertiary/aromatic N) is 1. The molecule has 5 heteroatoms. The Labute approximate surface area is 91.8 Å². The Bertz CT molecular complexity index is 457. The Hall–Kier alpha value is -1.93. The number of rotatable bonds is 2. The van der Waals surface area contributed by atoms with E-state index in [4.69, 9.17) is 16.7 Å². The molecule has 0 atom stereocenters. The molecule has 1 aromatic carbocycles. The third-order valence-corrected chi connectivity index (χ3v) is 1.99. The first-order valence-corrected chi connectivity index (χ1v) is 4.42. The molecule has 76 valence electrons. The summed E-state index contributed by atoms with van der Waals surface area (Å²) in [5, 5.41) is 8.75. The van der Waals surface area contributed by atoms with Crippen molar-refractivity contribution in [3.8, 4) is 6.07 Å². The predicted molar refractivity (Wildman–Crippen MR) is 59.9 cm³/mol. The summed E-state index contributed by atoms with van der Waals surface area (Å²) < 4.78 is 12.6. The maximum absolute atomic E-state index is 12.6. The van der Waals surface area contributed by atoms with Gasteiger partial charge in [0.05, 0.1) is 5.70 Å². The zero-order valence-electron chi connectivity index (χ0n) is 7.70. The average molecular weight is 221 g/mol. The Morgan fingerprint density at radius 3 is 2.20 bits per heavy atom. The standard InChI is InChI=1S/C10H8FN3S/c11-7-3-1-6(2-4-7)9(13)8(5-12)10(14)15/h1-4H,13H2,(H2,14,15). The minimum absolute atomic E-state index is 0.0385. The van der Waals surface area contributed by atoms with E-state index in [1.54, 1.807) is 0 Å². The molecule has 0 aliphatic carbocycles. The van der Waals surface area contributed by atoms with Crippen LogP contribution in [-0.4, -0.2) is 4.99 Å². The summed E-state index contributed by atoms with van der Waals surface area (Å²) in [6.45, 7) is 0. The average Bonchev–Trinajstić information content (AvgIpc) is 2.19. The lowest BCUT2D eigenvalue weighted by atomic mass is 10.1. The maximum Gasteiger partial charge on any atom is 0.123 e. The summed E-state index contributed by atoms with van der Waals surface area (Å²) in [4.78, 5) is -0.0701. The summed E-state index contributed by atoms with van der Waals surface area (Å²) >= 11 is 4.66. The van der Waals surface area contributed by atoms with E-state index in [-0.39, 0.29) is 22.1 Å². The molecule has 0 aliphatic rings. The number of nitrogens with two attached hydrogens (primary N) is 2. The van der Waals surface area contributed by atoms with E-state index >= 15 is 0 Å². The van der Waals surface area contributed by atoms with Gasteiger partial charge >= 0.3 is 0 Å². The number of thiocarbonyl (C=S) groups is 1. The monoisotopic (exact) mass is 221 g/mol. The van der Waals surface area contributed by atoms with E-state index in [9.17, 15) is 4.39 Å². The molecule has 0 aliphatic heterocycles. The molecule has 0 spiro atoms. The molecule has 0 unspecified atom stereocenters. The largest absolute Gasteiger partial charge is 0.397 e. The molecule has 0 heterocycles. The van der Waals surface area contributed by atoms with Gasteiger partial charge in [-0.05, 0) is 29.8 Å². The van der Waals surface area contributed by atoms with Crippen LogP contribution in [0.15, 0.2) is 29.8 Å². The second-order valence-electron chi connectivity index (χ2n) is 2.77. The van der Waals surface area contributed by atoms with Gasteiger partial charge in [-0.2, -0.15) is 5.26 Å². The third kappa shape index (κ3) is 2.51. The number of hydrogen-bond donors (Lipinski definition) is 2. The number of hydrogen-bond acceptors (Lipinski definition) is 3.